The molecule has 136 valence electrons. The molecule has 1 aromatic carbocycles. The van der Waals surface area contributed by atoms with Gasteiger partial charge in [0.25, 0.3) is 5.91 Å². The van der Waals surface area contributed by atoms with Crippen LogP contribution in [0.5, 0.6) is 5.75 Å². The first-order valence-electron chi connectivity index (χ1n) is 7.76. The number of amides is 1. The number of carbonyl (C=O) groups is 1. The van der Waals surface area contributed by atoms with Crippen molar-refractivity contribution in [2.24, 2.45) is 0 Å². The summed E-state index contributed by atoms with van der Waals surface area (Å²) < 4.78 is 30.3. The van der Waals surface area contributed by atoms with E-state index in [1.807, 2.05) is 6.92 Å². The lowest BCUT2D eigenvalue weighted by molar-refractivity contribution is -0.119. The minimum absolute atomic E-state index is 0.0817. The third-order valence-corrected chi connectivity index (χ3v) is 4.57. The fourth-order valence-electron chi connectivity index (χ4n) is 2.35. The van der Waals surface area contributed by atoms with Crippen LogP contribution in [0.4, 0.5) is 13.9 Å². The zero-order valence-corrected chi connectivity index (χ0v) is 14.8. The predicted molar refractivity (Wildman–Crippen MR) is 94.5 cm³/mol. The molecule has 2 aromatic heterocycles. The van der Waals surface area contributed by atoms with E-state index in [1.54, 1.807) is 42.2 Å². The van der Waals surface area contributed by atoms with Crippen molar-refractivity contribution in [3.63, 3.8) is 0 Å². The van der Waals surface area contributed by atoms with E-state index < -0.39 is 12.7 Å². The van der Waals surface area contributed by atoms with Crippen LogP contribution in [0.15, 0.2) is 42.7 Å². The molecule has 9 heteroatoms. The lowest BCUT2D eigenvalue weighted by Crippen LogP contribution is -2.23. The molecule has 2 heterocycles. The van der Waals surface area contributed by atoms with Gasteiger partial charge in [-0.3, -0.25) is 9.48 Å². The standard InChI is InChI=1S/C17H16F2N4O2S/c1-10(23-9-3-8-20-23)15(24)22-17-21-14(11(2)26-17)12-4-6-13(7-5-12)25-16(18)19/h3-10,16H,1-2H3,(H,21,22,24). The minimum Gasteiger partial charge on any atom is -0.435 e. The third kappa shape index (κ3) is 4.05. The van der Waals surface area contributed by atoms with E-state index in [9.17, 15) is 13.6 Å². The lowest BCUT2D eigenvalue weighted by Gasteiger charge is -2.10. The van der Waals surface area contributed by atoms with Gasteiger partial charge < -0.3 is 10.1 Å². The maximum atomic E-state index is 12.3. The zero-order chi connectivity index (χ0) is 18.7. The van der Waals surface area contributed by atoms with Crippen molar-refractivity contribution in [1.29, 1.82) is 0 Å². The molecule has 0 aliphatic heterocycles. The maximum Gasteiger partial charge on any atom is 0.387 e. The van der Waals surface area contributed by atoms with Crippen molar-refractivity contribution in [2.75, 3.05) is 5.32 Å². The number of nitrogens with one attached hydrogen (secondary N) is 1. The van der Waals surface area contributed by atoms with Gasteiger partial charge in [0, 0.05) is 22.8 Å². The predicted octanol–water partition coefficient (Wildman–Crippen LogP) is 4.12. The van der Waals surface area contributed by atoms with Crippen LogP contribution in [0.25, 0.3) is 11.3 Å². The number of alkyl halides is 2. The van der Waals surface area contributed by atoms with Crippen molar-refractivity contribution in [2.45, 2.75) is 26.5 Å². The Morgan fingerprint density at radius 3 is 2.65 bits per heavy atom. The maximum absolute atomic E-state index is 12.3. The van der Waals surface area contributed by atoms with Crippen LogP contribution < -0.4 is 10.1 Å². The molecule has 0 aliphatic rings. The molecular formula is C17H16F2N4O2S. The molecule has 0 fully saturated rings. The average molecular weight is 378 g/mol. The lowest BCUT2D eigenvalue weighted by atomic mass is 10.1. The van der Waals surface area contributed by atoms with Crippen LogP contribution in [0.3, 0.4) is 0 Å². The van der Waals surface area contributed by atoms with E-state index in [1.165, 1.54) is 23.5 Å². The number of nitrogens with zero attached hydrogens (tertiary/aromatic N) is 3. The van der Waals surface area contributed by atoms with Gasteiger partial charge in [0.2, 0.25) is 0 Å². The van der Waals surface area contributed by atoms with E-state index in [2.05, 4.69) is 20.1 Å². The van der Waals surface area contributed by atoms with Crippen molar-refractivity contribution in [3.05, 3.63) is 47.6 Å². The molecule has 26 heavy (non-hydrogen) atoms. The Morgan fingerprint density at radius 2 is 2.04 bits per heavy atom. The number of rotatable bonds is 6. The Hall–Kier alpha value is -2.81. The number of carbonyl (C=O) groups excluding carboxylic acids is 1. The summed E-state index contributed by atoms with van der Waals surface area (Å²) in [6.45, 7) is 0.759. The normalized spacial score (nSPS) is 12.2. The number of anilines is 1. The SMILES string of the molecule is Cc1sc(NC(=O)C(C)n2cccn2)nc1-c1ccc(OC(F)F)cc1. The Bertz CT molecular complexity index is 879. The minimum atomic E-state index is -2.86. The first-order valence-corrected chi connectivity index (χ1v) is 8.58. The van der Waals surface area contributed by atoms with Gasteiger partial charge in [0.15, 0.2) is 5.13 Å². The summed E-state index contributed by atoms with van der Waals surface area (Å²) in [5, 5.41) is 7.30. The Balaban J connectivity index is 1.73. The van der Waals surface area contributed by atoms with Gasteiger partial charge in [-0.05, 0) is 44.2 Å². The first-order chi connectivity index (χ1) is 12.4. The highest BCUT2D eigenvalue weighted by Gasteiger charge is 2.18. The highest BCUT2D eigenvalue weighted by atomic mass is 32.1. The number of halogens is 2. The molecule has 1 unspecified atom stereocenters. The summed E-state index contributed by atoms with van der Waals surface area (Å²) >= 11 is 1.34. The molecule has 0 saturated carbocycles. The Labute approximate surface area is 152 Å². The Morgan fingerprint density at radius 1 is 1.31 bits per heavy atom. The Kier molecular flexibility index (Phi) is 5.27. The largest absolute Gasteiger partial charge is 0.435 e. The number of aromatic nitrogens is 3. The van der Waals surface area contributed by atoms with Crippen molar-refractivity contribution in [1.82, 2.24) is 14.8 Å². The number of benzene rings is 1. The molecule has 0 radical (unpaired) electrons. The fraction of sp³-hybridized carbons (Fsp3) is 0.235. The third-order valence-electron chi connectivity index (χ3n) is 3.68. The zero-order valence-electron chi connectivity index (χ0n) is 14.0. The average Bonchev–Trinajstić information content (AvgIpc) is 3.24. The number of hydrogen-bond acceptors (Lipinski definition) is 5. The monoisotopic (exact) mass is 378 g/mol. The van der Waals surface area contributed by atoms with Gasteiger partial charge in [-0.25, -0.2) is 4.98 Å². The van der Waals surface area contributed by atoms with Crippen LogP contribution in [0.2, 0.25) is 0 Å². The van der Waals surface area contributed by atoms with Gasteiger partial charge in [-0.15, -0.1) is 11.3 Å². The van der Waals surface area contributed by atoms with Crippen molar-refractivity contribution >= 4 is 22.4 Å². The molecule has 0 spiro atoms. The summed E-state index contributed by atoms with van der Waals surface area (Å²) in [6.07, 6.45) is 3.32. The molecule has 0 aliphatic carbocycles. The van der Waals surface area contributed by atoms with Crippen LogP contribution >= 0.6 is 11.3 Å². The molecule has 3 rings (SSSR count). The van der Waals surface area contributed by atoms with Crippen molar-refractivity contribution < 1.29 is 18.3 Å². The molecule has 0 saturated heterocycles. The molecule has 3 aromatic rings. The van der Waals surface area contributed by atoms with Crippen molar-refractivity contribution in [3.8, 4) is 17.0 Å². The molecule has 1 atom stereocenters. The fourth-order valence-corrected chi connectivity index (χ4v) is 3.19. The molecule has 6 nitrogen and oxygen atoms in total. The summed E-state index contributed by atoms with van der Waals surface area (Å²) in [5.74, 6) is -0.145. The highest BCUT2D eigenvalue weighted by molar-refractivity contribution is 7.16. The van der Waals surface area contributed by atoms with E-state index in [0.717, 1.165) is 10.4 Å². The summed E-state index contributed by atoms with van der Waals surface area (Å²) in [4.78, 5) is 17.7. The summed E-state index contributed by atoms with van der Waals surface area (Å²) in [7, 11) is 0. The van der Waals surface area contributed by atoms with Crippen LogP contribution in [0.1, 0.15) is 17.8 Å². The van der Waals surface area contributed by atoms with E-state index in [4.69, 9.17) is 0 Å². The van der Waals surface area contributed by atoms with E-state index >= 15 is 0 Å². The second-order valence-corrected chi connectivity index (χ2v) is 6.68. The van der Waals surface area contributed by atoms with Crippen LogP contribution in [-0.2, 0) is 4.79 Å². The van der Waals surface area contributed by atoms with Gasteiger partial charge >= 0.3 is 6.61 Å². The molecular weight excluding hydrogens is 362 g/mol. The van der Waals surface area contributed by atoms with E-state index in [0.29, 0.717) is 10.8 Å². The van der Waals surface area contributed by atoms with Crippen LogP contribution in [0, 0.1) is 6.92 Å². The second-order valence-electron chi connectivity index (χ2n) is 5.48. The smallest absolute Gasteiger partial charge is 0.387 e. The number of ether oxygens (including phenoxy) is 1. The number of thiazole rings is 1. The topological polar surface area (TPSA) is 69.0 Å². The van der Waals surface area contributed by atoms with Gasteiger partial charge in [-0.1, -0.05) is 0 Å². The highest BCUT2D eigenvalue weighted by Crippen LogP contribution is 2.31. The summed E-state index contributed by atoms with van der Waals surface area (Å²) in [5.41, 5.74) is 1.43. The number of hydrogen-bond donors (Lipinski definition) is 1. The molecule has 1 amide bonds. The quantitative estimate of drug-likeness (QED) is 0.701. The first kappa shape index (κ1) is 18.0. The van der Waals surface area contributed by atoms with Gasteiger partial charge in [0.1, 0.15) is 11.8 Å². The molecule has 0 bridgehead atoms. The molecule has 1 N–H and O–H groups in total. The van der Waals surface area contributed by atoms with Crippen LogP contribution in [-0.4, -0.2) is 27.3 Å². The van der Waals surface area contributed by atoms with Gasteiger partial charge in [0.05, 0.1) is 5.69 Å². The second kappa shape index (κ2) is 7.61. The summed E-state index contributed by atoms with van der Waals surface area (Å²) in [6, 6.07) is 7.49. The van der Waals surface area contributed by atoms with E-state index in [-0.39, 0.29) is 11.7 Å². The number of aryl methyl sites for hydroxylation is 1. The van der Waals surface area contributed by atoms with Gasteiger partial charge in [-0.2, -0.15) is 13.9 Å².